The first-order valence-corrected chi connectivity index (χ1v) is 9.77. The zero-order chi connectivity index (χ0) is 18.6. The molecule has 0 spiro atoms. The number of fused-ring (bicyclic) bond motifs is 1. The van der Waals surface area contributed by atoms with Crippen molar-refractivity contribution in [2.75, 3.05) is 13.2 Å². The lowest BCUT2D eigenvalue weighted by atomic mass is 9.95. The minimum atomic E-state index is -0.158. The summed E-state index contributed by atoms with van der Waals surface area (Å²) in [7, 11) is 0. The van der Waals surface area contributed by atoms with Crippen LogP contribution in [-0.4, -0.2) is 35.1 Å². The highest BCUT2D eigenvalue weighted by molar-refractivity contribution is 6.29. The van der Waals surface area contributed by atoms with Crippen LogP contribution in [0.15, 0.2) is 24.4 Å². The summed E-state index contributed by atoms with van der Waals surface area (Å²) < 4.78 is 11.4. The van der Waals surface area contributed by atoms with Crippen LogP contribution in [0.2, 0.25) is 5.15 Å². The van der Waals surface area contributed by atoms with Crippen LogP contribution in [0.5, 0.6) is 11.6 Å². The van der Waals surface area contributed by atoms with Crippen LogP contribution in [-0.2, 0) is 6.42 Å². The molecule has 1 amide bonds. The number of rotatable bonds is 4. The lowest BCUT2D eigenvalue weighted by molar-refractivity contribution is 0.0919. The van der Waals surface area contributed by atoms with E-state index in [-0.39, 0.29) is 11.9 Å². The van der Waals surface area contributed by atoms with Crippen LogP contribution in [0.3, 0.4) is 0 Å². The number of nitrogens with one attached hydrogen (secondary N) is 1. The van der Waals surface area contributed by atoms with E-state index in [0.29, 0.717) is 42.1 Å². The Morgan fingerprint density at radius 1 is 1.19 bits per heavy atom. The number of hydrogen-bond acceptors (Lipinski definition) is 5. The van der Waals surface area contributed by atoms with Crippen LogP contribution in [0, 0.1) is 0 Å². The quantitative estimate of drug-likeness (QED) is 0.812. The molecule has 7 heteroatoms. The molecule has 1 saturated carbocycles. The normalized spacial score (nSPS) is 16.8. The van der Waals surface area contributed by atoms with E-state index >= 15 is 0 Å². The molecule has 1 N–H and O–H groups in total. The molecule has 3 heterocycles. The van der Waals surface area contributed by atoms with Gasteiger partial charge in [-0.1, -0.05) is 36.9 Å². The summed E-state index contributed by atoms with van der Waals surface area (Å²) in [6.45, 7) is 0.893. The van der Waals surface area contributed by atoms with E-state index in [9.17, 15) is 4.79 Å². The van der Waals surface area contributed by atoms with Crippen LogP contribution in [0.25, 0.3) is 0 Å². The number of hydrogen-bond donors (Lipinski definition) is 1. The van der Waals surface area contributed by atoms with Gasteiger partial charge in [0.25, 0.3) is 11.8 Å². The van der Waals surface area contributed by atoms with Crippen molar-refractivity contribution in [2.24, 2.45) is 0 Å². The van der Waals surface area contributed by atoms with Gasteiger partial charge in [0.15, 0.2) is 5.75 Å². The molecule has 6 nitrogen and oxygen atoms in total. The summed E-state index contributed by atoms with van der Waals surface area (Å²) in [5.41, 5.74) is 2.19. The summed E-state index contributed by atoms with van der Waals surface area (Å²) in [5, 5.41) is 3.56. The van der Waals surface area contributed by atoms with Crippen LogP contribution < -0.4 is 14.8 Å². The maximum Gasteiger partial charge on any atom is 0.270 e. The molecule has 4 rings (SSSR count). The Morgan fingerprint density at radius 2 is 2.00 bits per heavy atom. The number of aromatic nitrogens is 2. The number of nitrogens with zero attached hydrogens (tertiary/aromatic N) is 2. The van der Waals surface area contributed by atoms with E-state index in [1.807, 2.05) is 6.07 Å². The Kier molecular flexibility index (Phi) is 5.43. The molecule has 27 heavy (non-hydrogen) atoms. The Bertz CT molecular complexity index is 820. The summed E-state index contributed by atoms with van der Waals surface area (Å²) >= 11 is 5.87. The van der Waals surface area contributed by atoms with Crippen LogP contribution in [0.4, 0.5) is 0 Å². The molecule has 142 valence electrons. The van der Waals surface area contributed by atoms with E-state index < -0.39 is 0 Å². The van der Waals surface area contributed by atoms with Crippen molar-refractivity contribution in [2.45, 2.75) is 44.6 Å². The number of amides is 1. The summed E-state index contributed by atoms with van der Waals surface area (Å²) in [6, 6.07) is 5.68. The predicted octanol–water partition coefficient (Wildman–Crippen LogP) is 3.55. The maximum absolute atomic E-state index is 12.7. The lowest BCUT2D eigenvalue weighted by Gasteiger charge is -2.24. The van der Waals surface area contributed by atoms with Gasteiger partial charge in [0.1, 0.15) is 24.1 Å². The van der Waals surface area contributed by atoms with Gasteiger partial charge in [-0.05, 0) is 30.5 Å². The highest BCUT2D eigenvalue weighted by Crippen LogP contribution is 2.34. The van der Waals surface area contributed by atoms with Gasteiger partial charge in [0, 0.05) is 24.2 Å². The molecule has 2 aromatic heterocycles. The largest absolute Gasteiger partial charge is 0.484 e. The highest BCUT2D eigenvalue weighted by Gasteiger charge is 2.24. The van der Waals surface area contributed by atoms with Crippen molar-refractivity contribution in [3.8, 4) is 11.6 Å². The number of ether oxygens (including phenoxy) is 2. The zero-order valence-corrected chi connectivity index (χ0v) is 15.8. The second-order valence-electron chi connectivity index (χ2n) is 6.97. The number of carbonyl (C=O) groups is 1. The van der Waals surface area contributed by atoms with Crippen molar-refractivity contribution in [3.63, 3.8) is 0 Å². The summed E-state index contributed by atoms with van der Waals surface area (Å²) in [4.78, 5) is 21.3. The molecule has 1 fully saturated rings. The molecule has 0 unspecified atom stereocenters. The molecular formula is C20H22ClN3O3. The first-order valence-electron chi connectivity index (χ1n) is 9.40. The molecule has 1 aliphatic heterocycles. The van der Waals surface area contributed by atoms with Crippen molar-refractivity contribution < 1.29 is 14.3 Å². The van der Waals surface area contributed by atoms with Gasteiger partial charge >= 0.3 is 0 Å². The van der Waals surface area contributed by atoms with Crippen molar-refractivity contribution in [3.05, 3.63) is 46.4 Å². The molecule has 0 aromatic carbocycles. The number of pyridine rings is 2. The summed E-state index contributed by atoms with van der Waals surface area (Å²) in [5.74, 6) is 0.828. The molecule has 0 atom stereocenters. The Morgan fingerprint density at radius 3 is 2.78 bits per heavy atom. The maximum atomic E-state index is 12.7. The SMILES string of the molecule is O=C(NC1CCCCC1)c1cc(Cc2ccc(Cl)nc2)c2c(n1)OCCO2. The average molecular weight is 388 g/mol. The van der Waals surface area contributed by atoms with Gasteiger partial charge in [-0.25, -0.2) is 9.97 Å². The lowest BCUT2D eigenvalue weighted by Crippen LogP contribution is -2.36. The van der Waals surface area contributed by atoms with E-state index in [0.717, 1.165) is 36.8 Å². The van der Waals surface area contributed by atoms with E-state index in [1.54, 1.807) is 18.3 Å². The third-order valence-electron chi connectivity index (χ3n) is 4.94. The first-order chi connectivity index (χ1) is 13.2. The highest BCUT2D eigenvalue weighted by atomic mass is 35.5. The molecule has 2 aromatic rings. The average Bonchev–Trinajstić information content (AvgIpc) is 2.70. The van der Waals surface area contributed by atoms with Crippen molar-refractivity contribution in [1.82, 2.24) is 15.3 Å². The predicted molar refractivity (Wildman–Crippen MR) is 102 cm³/mol. The van der Waals surface area contributed by atoms with Crippen molar-refractivity contribution in [1.29, 1.82) is 0 Å². The van der Waals surface area contributed by atoms with E-state index in [1.165, 1.54) is 6.42 Å². The van der Waals surface area contributed by atoms with E-state index in [2.05, 4.69) is 15.3 Å². The minimum Gasteiger partial charge on any atom is -0.484 e. The zero-order valence-electron chi connectivity index (χ0n) is 15.0. The van der Waals surface area contributed by atoms with Gasteiger partial charge in [-0.2, -0.15) is 0 Å². The molecule has 1 aliphatic carbocycles. The fraction of sp³-hybridized carbons (Fsp3) is 0.450. The standard InChI is InChI=1S/C20H22ClN3O3/c21-17-7-6-13(12-22-17)10-14-11-16(24-20-18(14)26-8-9-27-20)19(25)23-15-4-2-1-3-5-15/h6-7,11-12,15H,1-5,8-10H2,(H,23,25). The fourth-order valence-electron chi connectivity index (χ4n) is 3.58. The third kappa shape index (κ3) is 4.33. The van der Waals surface area contributed by atoms with Gasteiger partial charge in [0.2, 0.25) is 0 Å². The Balaban J connectivity index is 1.60. The Hall–Kier alpha value is -2.34. The fourth-order valence-corrected chi connectivity index (χ4v) is 3.69. The molecule has 0 radical (unpaired) electrons. The molecule has 2 aliphatic rings. The molecule has 0 bridgehead atoms. The Labute approximate surface area is 163 Å². The smallest absolute Gasteiger partial charge is 0.270 e. The summed E-state index contributed by atoms with van der Waals surface area (Å²) in [6.07, 6.45) is 7.90. The number of carbonyl (C=O) groups excluding carboxylic acids is 1. The van der Waals surface area contributed by atoms with Crippen molar-refractivity contribution >= 4 is 17.5 Å². The van der Waals surface area contributed by atoms with E-state index in [4.69, 9.17) is 21.1 Å². The van der Waals surface area contributed by atoms with Gasteiger partial charge in [0.05, 0.1) is 0 Å². The van der Waals surface area contributed by atoms with Gasteiger partial charge < -0.3 is 14.8 Å². The second kappa shape index (κ2) is 8.13. The monoisotopic (exact) mass is 387 g/mol. The molecule has 0 saturated heterocycles. The second-order valence-corrected chi connectivity index (χ2v) is 7.36. The third-order valence-corrected chi connectivity index (χ3v) is 5.17. The number of halogens is 1. The topological polar surface area (TPSA) is 73.3 Å². The van der Waals surface area contributed by atoms with Crippen LogP contribution in [0.1, 0.15) is 53.7 Å². The minimum absolute atomic E-state index is 0.158. The van der Waals surface area contributed by atoms with Gasteiger partial charge in [-0.15, -0.1) is 0 Å². The first kappa shape index (κ1) is 18.0. The van der Waals surface area contributed by atoms with Gasteiger partial charge in [-0.3, -0.25) is 4.79 Å². The van der Waals surface area contributed by atoms with Crippen LogP contribution >= 0.6 is 11.6 Å². The molecular weight excluding hydrogens is 366 g/mol.